The van der Waals surface area contributed by atoms with Gasteiger partial charge in [0.15, 0.2) is 0 Å². The number of nitrogens with two attached hydrogens (primary N) is 1. The van der Waals surface area contributed by atoms with Crippen LogP contribution in [0.3, 0.4) is 0 Å². The second kappa shape index (κ2) is 5.15. The molecule has 0 aliphatic heterocycles. The van der Waals surface area contributed by atoms with E-state index in [0.29, 0.717) is 12.0 Å². The zero-order valence-corrected chi connectivity index (χ0v) is 10.8. The summed E-state index contributed by atoms with van der Waals surface area (Å²) in [5, 5.41) is 0. The van der Waals surface area contributed by atoms with Gasteiger partial charge in [0.25, 0.3) is 0 Å². The molecule has 1 amide bonds. The Morgan fingerprint density at radius 1 is 1.44 bits per heavy atom. The summed E-state index contributed by atoms with van der Waals surface area (Å²) in [6.07, 6.45) is 2.08. The summed E-state index contributed by atoms with van der Waals surface area (Å²) in [5.41, 5.74) is 5.45. The molecule has 4 nitrogen and oxygen atoms in total. The van der Waals surface area contributed by atoms with Gasteiger partial charge in [-0.1, -0.05) is 0 Å². The molecule has 0 heterocycles. The Morgan fingerprint density at radius 2 is 2.00 bits per heavy atom. The van der Waals surface area contributed by atoms with E-state index in [1.807, 2.05) is 27.8 Å². The lowest BCUT2D eigenvalue weighted by Gasteiger charge is -2.35. The maximum absolute atomic E-state index is 11.7. The topological polar surface area (TPSA) is 55.6 Å². The third kappa shape index (κ3) is 4.49. The molecule has 1 aliphatic carbocycles. The van der Waals surface area contributed by atoms with Crippen LogP contribution in [0.15, 0.2) is 0 Å². The highest BCUT2D eigenvalue weighted by molar-refractivity contribution is 5.77. The number of hydrogen-bond donors (Lipinski definition) is 1. The van der Waals surface area contributed by atoms with Crippen LogP contribution in [0.1, 0.15) is 33.6 Å². The van der Waals surface area contributed by atoms with Gasteiger partial charge in [0, 0.05) is 19.6 Å². The molecule has 4 heteroatoms. The summed E-state index contributed by atoms with van der Waals surface area (Å²) in [6, 6.07) is 0.347. The molecule has 1 fully saturated rings. The number of amides is 1. The van der Waals surface area contributed by atoms with Gasteiger partial charge in [0.1, 0.15) is 6.61 Å². The smallest absolute Gasteiger partial charge is 0.248 e. The average Bonchev–Trinajstić information content (AvgIpc) is 2.10. The molecule has 0 aromatic carbocycles. The quantitative estimate of drug-likeness (QED) is 0.781. The first kappa shape index (κ1) is 13.5. The molecule has 0 unspecified atom stereocenters. The molecule has 2 N–H and O–H groups in total. The number of likely N-dealkylation sites (N-methyl/N-ethyl adjacent to an activating group) is 1. The molecule has 16 heavy (non-hydrogen) atoms. The van der Waals surface area contributed by atoms with E-state index < -0.39 is 0 Å². The van der Waals surface area contributed by atoms with Crippen molar-refractivity contribution >= 4 is 5.91 Å². The van der Waals surface area contributed by atoms with Crippen LogP contribution in [0.25, 0.3) is 0 Å². The summed E-state index contributed by atoms with van der Waals surface area (Å²) in [6.45, 7) is 6.82. The first-order chi connectivity index (χ1) is 7.28. The number of rotatable bonds is 4. The fourth-order valence-corrected chi connectivity index (χ4v) is 1.81. The van der Waals surface area contributed by atoms with Crippen molar-refractivity contribution < 1.29 is 9.53 Å². The van der Waals surface area contributed by atoms with Crippen molar-refractivity contribution in [2.24, 2.45) is 11.7 Å². The largest absolute Gasteiger partial charge is 0.366 e. The summed E-state index contributed by atoms with van der Waals surface area (Å²) >= 11 is 0. The van der Waals surface area contributed by atoms with E-state index in [0.717, 1.165) is 19.4 Å². The third-order valence-corrected chi connectivity index (χ3v) is 2.86. The normalized spacial score (nSPS) is 25.1. The van der Waals surface area contributed by atoms with Crippen LogP contribution in [0.5, 0.6) is 0 Å². The third-order valence-electron chi connectivity index (χ3n) is 2.86. The minimum Gasteiger partial charge on any atom is -0.366 e. The first-order valence-corrected chi connectivity index (χ1v) is 5.91. The van der Waals surface area contributed by atoms with Gasteiger partial charge < -0.3 is 15.4 Å². The Balaban J connectivity index is 2.20. The predicted octanol–water partition coefficient (Wildman–Crippen LogP) is 0.997. The van der Waals surface area contributed by atoms with Crippen LogP contribution in [-0.2, 0) is 9.53 Å². The van der Waals surface area contributed by atoms with Gasteiger partial charge >= 0.3 is 0 Å². The Kier molecular flexibility index (Phi) is 4.33. The molecule has 94 valence electrons. The van der Waals surface area contributed by atoms with E-state index in [1.54, 1.807) is 4.90 Å². The van der Waals surface area contributed by atoms with Crippen molar-refractivity contribution in [3.63, 3.8) is 0 Å². The number of carbonyl (C=O) groups is 1. The molecule has 0 aromatic heterocycles. The summed E-state index contributed by atoms with van der Waals surface area (Å²) < 4.78 is 5.45. The Morgan fingerprint density at radius 3 is 2.44 bits per heavy atom. The minimum atomic E-state index is -0.255. The van der Waals surface area contributed by atoms with Crippen molar-refractivity contribution in [2.75, 3.05) is 20.2 Å². The number of nitrogens with zero attached hydrogens (tertiary/aromatic N) is 1. The van der Waals surface area contributed by atoms with Crippen molar-refractivity contribution in [3.8, 4) is 0 Å². The van der Waals surface area contributed by atoms with Crippen LogP contribution in [-0.4, -0.2) is 42.6 Å². The Labute approximate surface area is 98.1 Å². The number of ether oxygens (including phenoxy) is 1. The molecular formula is C12H24N2O2. The van der Waals surface area contributed by atoms with E-state index in [1.165, 1.54) is 0 Å². The van der Waals surface area contributed by atoms with Crippen LogP contribution in [0.2, 0.25) is 0 Å². The summed E-state index contributed by atoms with van der Waals surface area (Å²) in [7, 11) is 1.83. The van der Waals surface area contributed by atoms with Crippen LogP contribution in [0.4, 0.5) is 0 Å². The highest BCUT2D eigenvalue weighted by atomic mass is 16.5. The Hall–Kier alpha value is -0.610. The lowest BCUT2D eigenvalue weighted by atomic mass is 9.80. The number of hydrogen-bond acceptors (Lipinski definition) is 3. The lowest BCUT2D eigenvalue weighted by Crippen LogP contribution is -2.44. The molecular weight excluding hydrogens is 204 g/mol. The SMILES string of the molecule is CN(CC1CC(N)C1)C(=O)COC(C)(C)C. The van der Waals surface area contributed by atoms with Crippen molar-refractivity contribution in [1.29, 1.82) is 0 Å². The second-order valence-electron chi connectivity index (χ2n) is 5.77. The van der Waals surface area contributed by atoms with E-state index in [2.05, 4.69) is 0 Å². The molecule has 0 atom stereocenters. The highest BCUT2D eigenvalue weighted by Crippen LogP contribution is 2.26. The minimum absolute atomic E-state index is 0.0513. The molecule has 1 saturated carbocycles. The van der Waals surface area contributed by atoms with Gasteiger partial charge in [-0.3, -0.25) is 4.79 Å². The lowest BCUT2D eigenvalue weighted by molar-refractivity contribution is -0.140. The van der Waals surface area contributed by atoms with E-state index in [9.17, 15) is 4.79 Å². The fourth-order valence-electron chi connectivity index (χ4n) is 1.81. The number of carbonyl (C=O) groups excluding carboxylic acids is 1. The predicted molar refractivity (Wildman–Crippen MR) is 64.0 cm³/mol. The Bertz CT molecular complexity index is 242. The zero-order valence-electron chi connectivity index (χ0n) is 10.8. The van der Waals surface area contributed by atoms with Crippen molar-refractivity contribution in [1.82, 2.24) is 4.90 Å². The van der Waals surface area contributed by atoms with Gasteiger partial charge in [-0.2, -0.15) is 0 Å². The van der Waals surface area contributed by atoms with Gasteiger partial charge in [0.05, 0.1) is 5.60 Å². The van der Waals surface area contributed by atoms with Gasteiger partial charge in [-0.05, 0) is 39.5 Å². The van der Waals surface area contributed by atoms with E-state index in [-0.39, 0.29) is 18.1 Å². The second-order valence-corrected chi connectivity index (χ2v) is 5.77. The van der Waals surface area contributed by atoms with Gasteiger partial charge in [-0.25, -0.2) is 0 Å². The maximum atomic E-state index is 11.7. The monoisotopic (exact) mass is 228 g/mol. The fraction of sp³-hybridized carbons (Fsp3) is 0.917. The molecule has 1 aliphatic rings. The van der Waals surface area contributed by atoms with Gasteiger partial charge in [0.2, 0.25) is 5.91 Å². The molecule has 0 spiro atoms. The van der Waals surface area contributed by atoms with Gasteiger partial charge in [-0.15, -0.1) is 0 Å². The standard InChI is InChI=1S/C12H24N2O2/c1-12(2,3)16-8-11(15)14(4)7-9-5-10(13)6-9/h9-10H,5-8,13H2,1-4H3. The summed E-state index contributed by atoms with van der Waals surface area (Å²) in [4.78, 5) is 13.5. The van der Waals surface area contributed by atoms with Crippen LogP contribution >= 0.6 is 0 Å². The van der Waals surface area contributed by atoms with Crippen LogP contribution in [0, 0.1) is 5.92 Å². The van der Waals surface area contributed by atoms with E-state index >= 15 is 0 Å². The highest BCUT2D eigenvalue weighted by Gasteiger charge is 2.28. The van der Waals surface area contributed by atoms with E-state index in [4.69, 9.17) is 10.5 Å². The van der Waals surface area contributed by atoms with Crippen molar-refractivity contribution in [3.05, 3.63) is 0 Å². The molecule has 0 bridgehead atoms. The molecule has 0 radical (unpaired) electrons. The molecule has 0 saturated heterocycles. The molecule has 0 aromatic rings. The summed E-state index contributed by atoms with van der Waals surface area (Å²) in [5.74, 6) is 0.633. The molecule has 1 rings (SSSR count). The average molecular weight is 228 g/mol. The van der Waals surface area contributed by atoms with Crippen molar-refractivity contribution in [2.45, 2.75) is 45.3 Å². The zero-order chi connectivity index (χ0) is 12.3. The maximum Gasteiger partial charge on any atom is 0.248 e. The van der Waals surface area contributed by atoms with Crippen LogP contribution < -0.4 is 5.73 Å². The first-order valence-electron chi connectivity index (χ1n) is 5.91.